The highest BCUT2D eigenvalue weighted by atomic mass is 32.2. The molecule has 3 aromatic rings. The van der Waals surface area contributed by atoms with Crippen LogP contribution < -0.4 is 5.32 Å². The molecule has 162 valence electrons. The number of aryl methyl sites for hydroxylation is 1. The number of amides is 1. The topological polar surface area (TPSA) is 105 Å². The molecule has 1 fully saturated rings. The van der Waals surface area contributed by atoms with Crippen LogP contribution in [0.5, 0.6) is 0 Å². The molecule has 0 atom stereocenters. The number of aromatic nitrogens is 2. The van der Waals surface area contributed by atoms with Crippen LogP contribution in [0, 0.1) is 6.92 Å². The van der Waals surface area contributed by atoms with Crippen molar-refractivity contribution in [3.8, 4) is 11.5 Å². The molecule has 1 saturated heterocycles. The van der Waals surface area contributed by atoms with Gasteiger partial charge in [0.05, 0.1) is 4.90 Å². The normalized spacial score (nSPS) is 15.4. The molecule has 0 saturated carbocycles. The van der Waals surface area contributed by atoms with Gasteiger partial charge in [0, 0.05) is 24.2 Å². The molecule has 9 heteroatoms. The fourth-order valence-corrected chi connectivity index (χ4v) is 5.06. The monoisotopic (exact) mass is 440 g/mol. The molecule has 1 aliphatic rings. The van der Waals surface area contributed by atoms with Crippen LogP contribution in [-0.2, 0) is 10.0 Å². The van der Waals surface area contributed by atoms with E-state index in [2.05, 4.69) is 15.5 Å². The summed E-state index contributed by atoms with van der Waals surface area (Å²) < 4.78 is 32.8. The Morgan fingerprint density at radius 1 is 1.00 bits per heavy atom. The lowest BCUT2D eigenvalue weighted by Crippen LogP contribution is -2.31. The molecule has 1 aromatic heterocycles. The van der Waals surface area contributed by atoms with E-state index >= 15 is 0 Å². The number of sulfonamides is 1. The van der Waals surface area contributed by atoms with Crippen LogP contribution in [0.2, 0.25) is 0 Å². The smallest absolute Gasteiger partial charge is 0.322 e. The molecule has 31 heavy (non-hydrogen) atoms. The first-order valence-electron chi connectivity index (χ1n) is 10.3. The summed E-state index contributed by atoms with van der Waals surface area (Å²) >= 11 is 0. The number of nitrogens with zero attached hydrogens (tertiary/aromatic N) is 3. The average molecular weight is 441 g/mol. The van der Waals surface area contributed by atoms with Crippen molar-refractivity contribution in [2.24, 2.45) is 0 Å². The van der Waals surface area contributed by atoms with E-state index in [0.717, 1.165) is 36.8 Å². The van der Waals surface area contributed by atoms with Crippen molar-refractivity contribution in [2.45, 2.75) is 37.5 Å². The highest BCUT2D eigenvalue weighted by molar-refractivity contribution is 7.89. The van der Waals surface area contributed by atoms with E-state index in [1.165, 1.54) is 28.6 Å². The Kier molecular flexibility index (Phi) is 6.15. The van der Waals surface area contributed by atoms with Gasteiger partial charge in [0.2, 0.25) is 15.9 Å². The predicted octanol–water partition coefficient (Wildman–Crippen LogP) is 3.86. The molecule has 0 bridgehead atoms. The van der Waals surface area contributed by atoms with E-state index < -0.39 is 15.9 Å². The van der Waals surface area contributed by atoms with Gasteiger partial charge < -0.3 is 4.42 Å². The van der Waals surface area contributed by atoms with E-state index in [-0.39, 0.29) is 10.9 Å². The van der Waals surface area contributed by atoms with Crippen molar-refractivity contribution in [1.29, 1.82) is 0 Å². The van der Waals surface area contributed by atoms with E-state index in [4.69, 9.17) is 4.42 Å². The molecule has 8 nitrogen and oxygen atoms in total. The number of nitrogens with one attached hydrogen (secondary N) is 1. The second kappa shape index (κ2) is 8.99. The highest BCUT2D eigenvalue weighted by Gasteiger charge is 2.25. The molecule has 1 aliphatic heterocycles. The van der Waals surface area contributed by atoms with Gasteiger partial charge in [-0.15, -0.1) is 5.10 Å². The van der Waals surface area contributed by atoms with Gasteiger partial charge in [-0.25, -0.2) is 8.42 Å². The molecule has 0 spiro atoms. The van der Waals surface area contributed by atoms with E-state index in [1.54, 1.807) is 0 Å². The first-order chi connectivity index (χ1) is 14.9. The lowest BCUT2D eigenvalue weighted by atomic mass is 10.1. The number of anilines is 1. The zero-order chi connectivity index (χ0) is 21.8. The zero-order valence-corrected chi connectivity index (χ0v) is 18.1. The minimum absolute atomic E-state index is 0.0252. The summed E-state index contributed by atoms with van der Waals surface area (Å²) in [6, 6.07) is 13.5. The van der Waals surface area contributed by atoms with E-state index in [9.17, 15) is 13.2 Å². The fourth-order valence-electron chi connectivity index (χ4n) is 3.55. The number of carbonyl (C=O) groups excluding carboxylic acids is 1. The molecule has 0 unspecified atom stereocenters. The van der Waals surface area contributed by atoms with Crippen LogP contribution in [0.1, 0.15) is 41.6 Å². The van der Waals surface area contributed by atoms with Crippen molar-refractivity contribution in [2.75, 3.05) is 18.4 Å². The number of carbonyl (C=O) groups is 1. The maximum atomic E-state index is 12.9. The summed E-state index contributed by atoms with van der Waals surface area (Å²) in [7, 11) is -3.56. The summed E-state index contributed by atoms with van der Waals surface area (Å²) in [4.78, 5) is 12.7. The van der Waals surface area contributed by atoms with Gasteiger partial charge in [-0.2, -0.15) is 4.31 Å². The maximum absolute atomic E-state index is 12.9. The van der Waals surface area contributed by atoms with Gasteiger partial charge in [0.15, 0.2) is 0 Å². The summed E-state index contributed by atoms with van der Waals surface area (Å²) in [6.45, 7) is 3.02. The Bertz CT molecular complexity index is 1160. The lowest BCUT2D eigenvalue weighted by molar-refractivity contribution is 0.102. The number of hydrogen-bond acceptors (Lipinski definition) is 6. The standard InChI is InChI=1S/C22H24N4O4S/c1-16-7-6-8-18(15-16)21-24-25-22(30-21)23-20(27)17-9-11-19(12-10-17)31(28,29)26-13-4-2-3-5-14-26/h6-12,15H,2-5,13-14H2,1H3,(H,23,25,27). The van der Waals surface area contributed by atoms with Crippen molar-refractivity contribution < 1.29 is 17.6 Å². The summed E-state index contributed by atoms with van der Waals surface area (Å²) in [5, 5.41) is 10.4. The third-order valence-corrected chi connectivity index (χ3v) is 7.14. The lowest BCUT2D eigenvalue weighted by Gasteiger charge is -2.19. The summed E-state index contributed by atoms with van der Waals surface area (Å²) in [5.41, 5.74) is 2.11. The third kappa shape index (κ3) is 4.83. The van der Waals surface area contributed by atoms with Crippen LogP contribution in [-0.4, -0.2) is 41.9 Å². The van der Waals surface area contributed by atoms with Gasteiger partial charge in [-0.05, 0) is 56.2 Å². The SMILES string of the molecule is Cc1cccc(-c2nnc(NC(=O)c3ccc(S(=O)(=O)N4CCCCCC4)cc3)o2)c1. The molecule has 0 aliphatic carbocycles. The number of benzene rings is 2. The van der Waals surface area contributed by atoms with Crippen LogP contribution in [0.25, 0.3) is 11.5 Å². The molecule has 1 amide bonds. The highest BCUT2D eigenvalue weighted by Crippen LogP contribution is 2.23. The van der Waals surface area contributed by atoms with Crippen molar-refractivity contribution in [3.05, 3.63) is 59.7 Å². The van der Waals surface area contributed by atoms with Crippen molar-refractivity contribution >= 4 is 21.9 Å². The maximum Gasteiger partial charge on any atom is 0.322 e. The largest absolute Gasteiger partial charge is 0.403 e. The van der Waals surface area contributed by atoms with Gasteiger partial charge in [-0.1, -0.05) is 35.6 Å². The van der Waals surface area contributed by atoms with Crippen molar-refractivity contribution in [3.63, 3.8) is 0 Å². The minimum atomic E-state index is -3.56. The minimum Gasteiger partial charge on any atom is -0.403 e. The average Bonchev–Trinajstić information content (AvgIpc) is 3.05. The molecule has 4 rings (SSSR count). The second-order valence-electron chi connectivity index (χ2n) is 7.58. The molecule has 0 radical (unpaired) electrons. The first kappa shape index (κ1) is 21.2. The van der Waals surface area contributed by atoms with Crippen LogP contribution in [0.4, 0.5) is 6.01 Å². The number of rotatable bonds is 5. The molecule has 2 aromatic carbocycles. The Morgan fingerprint density at radius 3 is 2.39 bits per heavy atom. The summed E-state index contributed by atoms with van der Waals surface area (Å²) in [6.07, 6.45) is 3.83. The molecule has 2 heterocycles. The molecular formula is C22H24N4O4S. The Morgan fingerprint density at radius 2 is 1.71 bits per heavy atom. The van der Waals surface area contributed by atoms with Crippen LogP contribution >= 0.6 is 0 Å². The third-order valence-electron chi connectivity index (χ3n) is 5.23. The first-order valence-corrected chi connectivity index (χ1v) is 11.7. The fraction of sp³-hybridized carbons (Fsp3) is 0.318. The van der Waals surface area contributed by atoms with Gasteiger partial charge in [0.25, 0.3) is 5.91 Å². The van der Waals surface area contributed by atoms with E-state index in [1.807, 2.05) is 31.2 Å². The Balaban J connectivity index is 1.45. The van der Waals surface area contributed by atoms with Crippen LogP contribution in [0.15, 0.2) is 57.8 Å². The molecular weight excluding hydrogens is 416 g/mol. The van der Waals surface area contributed by atoms with Gasteiger partial charge >= 0.3 is 6.01 Å². The predicted molar refractivity (Wildman–Crippen MR) is 116 cm³/mol. The number of hydrogen-bond donors (Lipinski definition) is 1. The van der Waals surface area contributed by atoms with Crippen LogP contribution in [0.3, 0.4) is 0 Å². The summed E-state index contributed by atoms with van der Waals surface area (Å²) in [5.74, 6) is -0.156. The zero-order valence-electron chi connectivity index (χ0n) is 17.2. The van der Waals surface area contributed by atoms with E-state index in [0.29, 0.717) is 24.5 Å². The quantitative estimate of drug-likeness (QED) is 0.646. The van der Waals surface area contributed by atoms with Gasteiger partial charge in [0.1, 0.15) is 0 Å². The van der Waals surface area contributed by atoms with Gasteiger partial charge in [-0.3, -0.25) is 10.1 Å². The Labute approximate surface area is 181 Å². The Hall–Kier alpha value is -3.04. The van der Waals surface area contributed by atoms with Crippen molar-refractivity contribution in [1.82, 2.24) is 14.5 Å². The second-order valence-corrected chi connectivity index (χ2v) is 9.52. The molecule has 1 N–H and O–H groups in total.